The normalized spacial score (nSPS) is 13.1. The van der Waals surface area contributed by atoms with E-state index in [0.717, 1.165) is 32.8 Å². The molecule has 2 aliphatic rings. The van der Waals surface area contributed by atoms with E-state index in [1.54, 1.807) is 0 Å². The molecule has 0 saturated heterocycles. The molecule has 0 amide bonds. The molecular weight excluding hydrogens is 691 g/mol. The molecule has 264 valence electrons. The third kappa shape index (κ3) is 4.69. The first-order valence-corrected chi connectivity index (χ1v) is 19.5. The van der Waals surface area contributed by atoms with E-state index >= 15 is 0 Å². The molecule has 0 saturated carbocycles. The molecule has 2 aliphatic carbocycles. The van der Waals surface area contributed by atoms with Gasteiger partial charge in [0, 0.05) is 16.7 Å². The summed E-state index contributed by atoms with van der Waals surface area (Å²) < 4.78 is 0. The van der Waals surface area contributed by atoms with Gasteiger partial charge in [0.2, 0.25) is 0 Å². The number of rotatable bonds is 4. The van der Waals surface area contributed by atoms with E-state index in [9.17, 15) is 0 Å². The summed E-state index contributed by atoms with van der Waals surface area (Å²) in [5, 5.41) is 4.63. The lowest BCUT2D eigenvalue weighted by Crippen LogP contribution is -2.26. The Labute approximate surface area is 330 Å². The van der Waals surface area contributed by atoms with Gasteiger partial charge >= 0.3 is 0 Å². The van der Waals surface area contributed by atoms with Crippen LogP contribution in [0.1, 0.15) is 22.3 Å². The summed E-state index contributed by atoms with van der Waals surface area (Å²) in [5.74, 6) is 1.96. The largest absolute Gasteiger partial charge is 0.208 e. The van der Waals surface area contributed by atoms with Gasteiger partial charge in [-0.2, -0.15) is 0 Å². The fraction of sp³-hybridized carbons (Fsp3) is 0.0185. The minimum atomic E-state index is -0.410. The summed E-state index contributed by atoms with van der Waals surface area (Å²) in [5.41, 5.74) is 15.6. The summed E-state index contributed by atoms with van der Waals surface area (Å²) in [6.07, 6.45) is 0. The van der Waals surface area contributed by atoms with Crippen LogP contribution in [-0.4, -0.2) is 15.0 Å². The summed E-state index contributed by atoms with van der Waals surface area (Å²) in [6, 6.07) is 72.3. The second-order valence-electron chi connectivity index (χ2n) is 15.1. The van der Waals surface area contributed by atoms with Crippen molar-refractivity contribution in [2.24, 2.45) is 0 Å². The lowest BCUT2D eigenvalue weighted by atomic mass is 9.68. The first-order valence-electron chi connectivity index (χ1n) is 19.5. The zero-order valence-electron chi connectivity index (χ0n) is 30.9. The Morgan fingerprint density at radius 1 is 0.263 bits per heavy atom. The molecule has 1 heterocycles. The predicted octanol–water partition coefficient (Wildman–Crippen LogP) is 13.2. The van der Waals surface area contributed by atoms with Crippen molar-refractivity contribution in [3.8, 4) is 67.5 Å². The molecule has 57 heavy (non-hydrogen) atoms. The SMILES string of the molecule is c1ccc(-c2nc(-c3ccc4ccccc4c3)nc(-c3ccc4cc(-c5cccc6c5C5(c7ccccc7-c7ccccc75)c5ccccc5-6)ccc4c3)n2)cc1. The van der Waals surface area contributed by atoms with Crippen LogP contribution >= 0.6 is 0 Å². The minimum Gasteiger partial charge on any atom is -0.208 e. The van der Waals surface area contributed by atoms with Crippen molar-refractivity contribution < 1.29 is 0 Å². The van der Waals surface area contributed by atoms with Gasteiger partial charge in [-0.05, 0) is 95.4 Å². The van der Waals surface area contributed by atoms with E-state index in [1.807, 2.05) is 18.2 Å². The minimum absolute atomic E-state index is 0.410. The lowest BCUT2D eigenvalue weighted by molar-refractivity contribution is 0.796. The van der Waals surface area contributed by atoms with Crippen LogP contribution in [0.15, 0.2) is 200 Å². The van der Waals surface area contributed by atoms with Crippen molar-refractivity contribution in [2.75, 3.05) is 0 Å². The standard InChI is InChI=1S/C54H33N3/c1-2-14-35(15-3-1)51-55-52(40-29-25-34-13-4-5-16-36(34)32-40)57-53(56-51)41-30-27-37-31-39(28-26-38(37)33-41)42-20-12-21-46-45-19-8-11-24-49(45)54(50(42)46)47-22-9-6-17-43(47)44-18-7-10-23-48(44)54/h1-33H. The van der Waals surface area contributed by atoms with Crippen molar-refractivity contribution in [3.63, 3.8) is 0 Å². The molecule has 12 rings (SSSR count). The molecule has 0 atom stereocenters. The van der Waals surface area contributed by atoms with Crippen LogP contribution in [0.25, 0.3) is 89.1 Å². The van der Waals surface area contributed by atoms with Crippen LogP contribution in [0, 0.1) is 0 Å². The summed E-state index contributed by atoms with van der Waals surface area (Å²) in [7, 11) is 0. The Morgan fingerprint density at radius 3 is 1.28 bits per heavy atom. The fourth-order valence-corrected chi connectivity index (χ4v) is 9.63. The van der Waals surface area contributed by atoms with E-state index in [1.165, 1.54) is 61.0 Å². The number of hydrogen-bond donors (Lipinski definition) is 0. The van der Waals surface area contributed by atoms with E-state index in [4.69, 9.17) is 15.0 Å². The van der Waals surface area contributed by atoms with Crippen molar-refractivity contribution >= 4 is 21.5 Å². The van der Waals surface area contributed by atoms with Crippen molar-refractivity contribution in [1.29, 1.82) is 0 Å². The molecule has 0 radical (unpaired) electrons. The van der Waals surface area contributed by atoms with Gasteiger partial charge in [-0.3, -0.25) is 0 Å². The highest BCUT2D eigenvalue weighted by molar-refractivity contribution is 6.00. The molecule has 0 bridgehead atoms. The third-order valence-electron chi connectivity index (χ3n) is 12.1. The summed E-state index contributed by atoms with van der Waals surface area (Å²) in [4.78, 5) is 15.1. The van der Waals surface area contributed by atoms with Crippen molar-refractivity contribution in [1.82, 2.24) is 15.0 Å². The molecule has 3 nitrogen and oxygen atoms in total. The average Bonchev–Trinajstić information content (AvgIpc) is 3.76. The monoisotopic (exact) mass is 723 g/mol. The lowest BCUT2D eigenvalue weighted by Gasteiger charge is -2.32. The zero-order chi connectivity index (χ0) is 37.5. The smallest absolute Gasteiger partial charge is 0.164 e. The van der Waals surface area contributed by atoms with E-state index in [-0.39, 0.29) is 0 Å². The molecule has 1 aromatic heterocycles. The number of benzene rings is 9. The molecular formula is C54H33N3. The van der Waals surface area contributed by atoms with Gasteiger partial charge in [-0.15, -0.1) is 0 Å². The maximum Gasteiger partial charge on any atom is 0.164 e. The first kappa shape index (κ1) is 31.8. The Morgan fingerprint density at radius 2 is 0.667 bits per heavy atom. The Hall–Kier alpha value is -7.49. The zero-order valence-corrected chi connectivity index (χ0v) is 30.9. The first-order chi connectivity index (χ1) is 28.2. The Bertz CT molecular complexity index is 3190. The number of hydrogen-bond acceptors (Lipinski definition) is 3. The van der Waals surface area contributed by atoms with E-state index in [0.29, 0.717) is 17.5 Å². The van der Waals surface area contributed by atoms with Gasteiger partial charge in [0.15, 0.2) is 17.5 Å². The highest BCUT2D eigenvalue weighted by Gasteiger charge is 2.52. The van der Waals surface area contributed by atoms with Crippen LogP contribution in [0.2, 0.25) is 0 Å². The molecule has 0 N–H and O–H groups in total. The number of fused-ring (bicyclic) bond motifs is 12. The van der Waals surface area contributed by atoms with Crippen LogP contribution in [-0.2, 0) is 5.41 Å². The second-order valence-corrected chi connectivity index (χ2v) is 15.1. The van der Waals surface area contributed by atoms with Gasteiger partial charge in [-0.1, -0.05) is 182 Å². The van der Waals surface area contributed by atoms with Crippen molar-refractivity contribution in [2.45, 2.75) is 5.41 Å². The van der Waals surface area contributed by atoms with Crippen LogP contribution in [0.5, 0.6) is 0 Å². The molecule has 3 heteroatoms. The van der Waals surface area contributed by atoms with Gasteiger partial charge < -0.3 is 0 Å². The summed E-state index contributed by atoms with van der Waals surface area (Å²) in [6.45, 7) is 0. The molecule has 0 fully saturated rings. The maximum atomic E-state index is 5.09. The predicted molar refractivity (Wildman–Crippen MR) is 233 cm³/mol. The Balaban J connectivity index is 1.01. The summed E-state index contributed by atoms with van der Waals surface area (Å²) >= 11 is 0. The van der Waals surface area contributed by atoms with Gasteiger partial charge in [-0.25, -0.2) is 15.0 Å². The molecule has 10 aromatic rings. The average molecular weight is 724 g/mol. The topological polar surface area (TPSA) is 38.7 Å². The molecule has 1 spiro atoms. The molecule has 0 unspecified atom stereocenters. The van der Waals surface area contributed by atoms with Crippen LogP contribution < -0.4 is 0 Å². The highest BCUT2D eigenvalue weighted by Crippen LogP contribution is 2.64. The van der Waals surface area contributed by atoms with Gasteiger partial charge in [0.1, 0.15) is 0 Å². The molecule has 9 aromatic carbocycles. The number of aromatic nitrogens is 3. The van der Waals surface area contributed by atoms with Crippen LogP contribution in [0.4, 0.5) is 0 Å². The van der Waals surface area contributed by atoms with Crippen molar-refractivity contribution in [3.05, 3.63) is 222 Å². The molecule has 0 aliphatic heterocycles. The Kier molecular flexibility index (Phi) is 6.84. The van der Waals surface area contributed by atoms with Crippen LogP contribution in [0.3, 0.4) is 0 Å². The fourth-order valence-electron chi connectivity index (χ4n) is 9.63. The number of nitrogens with zero attached hydrogens (tertiary/aromatic N) is 3. The maximum absolute atomic E-state index is 5.09. The third-order valence-corrected chi connectivity index (χ3v) is 12.1. The van der Waals surface area contributed by atoms with E-state index < -0.39 is 5.41 Å². The highest BCUT2D eigenvalue weighted by atomic mass is 15.0. The van der Waals surface area contributed by atoms with Gasteiger partial charge in [0.25, 0.3) is 0 Å². The quantitative estimate of drug-likeness (QED) is 0.181. The van der Waals surface area contributed by atoms with Gasteiger partial charge in [0.05, 0.1) is 5.41 Å². The second kappa shape index (κ2) is 12.3. The van der Waals surface area contributed by atoms with E-state index in [2.05, 4.69) is 182 Å².